The van der Waals surface area contributed by atoms with E-state index in [2.05, 4.69) is 24.5 Å². The second-order valence-electron chi connectivity index (χ2n) is 6.56. The number of carbonyl (C=O) groups is 1. The maximum Gasteiger partial charge on any atom is 0.319 e. The molecule has 0 fully saturated rings. The second kappa shape index (κ2) is 7.47. The van der Waals surface area contributed by atoms with E-state index in [0.717, 1.165) is 22.7 Å². The van der Waals surface area contributed by atoms with E-state index in [1.54, 1.807) is 7.11 Å². The molecule has 5 heteroatoms. The van der Waals surface area contributed by atoms with Crippen molar-refractivity contribution in [3.05, 3.63) is 53.6 Å². The molecule has 132 valence electrons. The summed E-state index contributed by atoms with van der Waals surface area (Å²) in [6.07, 6.45) is 0.715. The molecule has 2 aromatic carbocycles. The van der Waals surface area contributed by atoms with Gasteiger partial charge in [-0.25, -0.2) is 4.79 Å². The van der Waals surface area contributed by atoms with Crippen LogP contribution in [0.1, 0.15) is 30.9 Å². The number of carbonyl (C=O) groups excluding carboxylic acids is 1. The van der Waals surface area contributed by atoms with Gasteiger partial charge in [0.2, 0.25) is 0 Å². The minimum atomic E-state index is -0.225. The van der Waals surface area contributed by atoms with Gasteiger partial charge in [0, 0.05) is 5.69 Å². The molecule has 1 heterocycles. The zero-order valence-corrected chi connectivity index (χ0v) is 14.8. The average molecular weight is 340 g/mol. The lowest BCUT2D eigenvalue weighted by molar-refractivity contribution is 0.222. The number of urea groups is 1. The lowest BCUT2D eigenvalue weighted by Crippen LogP contribution is -2.44. The predicted molar refractivity (Wildman–Crippen MR) is 98.7 cm³/mol. The molecule has 25 heavy (non-hydrogen) atoms. The van der Waals surface area contributed by atoms with Gasteiger partial charge < -0.3 is 20.1 Å². The Labute approximate surface area is 148 Å². The first-order chi connectivity index (χ1) is 12.0. The monoisotopic (exact) mass is 340 g/mol. The van der Waals surface area contributed by atoms with E-state index in [1.165, 1.54) is 5.56 Å². The number of rotatable bonds is 4. The highest BCUT2D eigenvalue weighted by Crippen LogP contribution is 2.28. The number of nitrogens with one attached hydrogen (secondary N) is 2. The fourth-order valence-electron chi connectivity index (χ4n) is 2.89. The molecule has 2 aromatic rings. The number of ether oxygens (including phenoxy) is 2. The first-order valence-corrected chi connectivity index (χ1v) is 8.52. The van der Waals surface area contributed by atoms with Gasteiger partial charge in [-0.15, -0.1) is 0 Å². The molecule has 1 aliphatic heterocycles. The quantitative estimate of drug-likeness (QED) is 0.886. The Balaban J connectivity index is 1.58. The molecular formula is C20H24N2O3. The Kier molecular flexibility index (Phi) is 5.12. The molecule has 0 aliphatic carbocycles. The summed E-state index contributed by atoms with van der Waals surface area (Å²) in [6, 6.07) is 13.3. The summed E-state index contributed by atoms with van der Waals surface area (Å²) >= 11 is 0. The van der Waals surface area contributed by atoms with Crippen molar-refractivity contribution in [1.82, 2.24) is 5.32 Å². The third-order valence-electron chi connectivity index (χ3n) is 4.34. The molecule has 5 nitrogen and oxygen atoms in total. The van der Waals surface area contributed by atoms with Crippen molar-refractivity contribution in [2.75, 3.05) is 19.0 Å². The summed E-state index contributed by atoms with van der Waals surface area (Å²) in [4.78, 5) is 12.2. The predicted octanol–water partition coefficient (Wildman–Crippen LogP) is 3.94. The van der Waals surface area contributed by atoms with Crippen LogP contribution in [0.25, 0.3) is 0 Å². The molecule has 1 atom stereocenters. The molecule has 0 radical (unpaired) electrons. The van der Waals surface area contributed by atoms with Crippen LogP contribution < -0.4 is 20.1 Å². The standard InChI is InChI=1S/C20H24N2O3/c1-13(2)14-4-6-16(7-5-14)21-20(23)22-17-10-15-11-18(24-3)8-9-19(15)25-12-17/h4-9,11,13,17H,10,12H2,1-3H3,(H2,21,22,23). The molecule has 2 N–H and O–H groups in total. The van der Waals surface area contributed by atoms with Crippen molar-refractivity contribution in [3.63, 3.8) is 0 Å². The normalized spacial score (nSPS) is 15.9. The Bertz CT molecular complexity index is 741. The lowest BCUT2D eigenvalue weighted by Gasteiger charge is -2.26. The van der Waals surface area contributed by atoms with E-state index in [-0.39, 0.29) is 12.1 Å². The number of methoxy groups -OCH3 is 1. The third kappa shape index (κ3) is 4.24. The van der Waals surface area contributed by atoms with E-state index in [1.807, 2.05) is 42.5 Å². The number of hydrogen-bond donors (Lipinski definition) is 2. The van der Waals surface area contributed by atoms with Crippen molar-refractivity contribution < 1.29 is 14.3 Å². The topological polar surface area (TPSA) is 59.6 Å². The Morgan fingerprint density at radius 3 is 2.64 bits per heavy atom. The summed E-state index contributed by atoms with van der Waals surface area (Å²) < 4.78 is 11.0. The lowest BCUT2D eigenvalue weighted by atomic mass is 10.0. The van der Waals surface area contributed by atoms with Gasteiger partial charge in [-0.3, -0.25) is 0 Å². The van der Waals surface area contributed by atoms with Crippen molar-refractivity contribution >= 4 is 11.7 Å². The molecule has 1 unspecified atom stereocenters. The SMILES string of the molecule is COc1ccc2c(c1)CC(NC(=O)Nc1ccc(C(C)C)cc1)CO2. The summed E-state index contributed by atoms with van der Waals surface area (Å²) in [5, 5.41) is 5.84. The highest BCUT2D eigenvalue weighted by Gasteiger charge is 2.22. The minimum Gasteiger partial charge on any atom is -0.497 e. The fraction of sp³-hybridized carbons (Fsp3) is 0.350. The molecule has 0 bridgehead atoms. The van der Waals surface area contributed by atoms with Gasteiger partial charge in [0.15, 0.2) is 0 Å². The highest BCUT2D eigenvalue weighted by atomic mass is 16.5. The van der Waals surface area contributed by atoms with Gasteiger partial charge in [0.25, 0.3) is 0 Å². The Morgan fingerprint density at radius 2 is 1.96 bits per heavy atom. The van der Waals surface area contributed by atoms with Crippen LogP contribution in [0, 0.1) is 0 Å². The van der Waals surface area contributed by atoms with Gasteiger partial charge in [-0.05, 0) is 53.8 Å². The van der Waals surface area contributed by atoms with E-state index in [9.17, 15) is 4.79 Å². The molecule has 0 spiro atoms. The zero-order chi connectivity index (χ0) is 17.8. The molecule has 0 saturated carbocycles. The van der Waals surface area contributed by atoms with Gasteiger partial charge in [0.1, 0.15) is 18.1 Å². The van der Waals surface area contributed by atoms with Crippen LogP contribution in [0.4, 0.5) is 10.5 Å². The summed E-state index contributed by atoms with van der Waals surface area (Å²) in [7, 11) is 1.64. The maximum absolute atomic E-state index is 12.2. The smallest absolute Gasteiger partial charge is 0.319 e. The van der Waals surface area contributed by atoms with Crippen molar-refractivity contribution in [2.45, 2.75) is 32.2 Å². The van der Waals surface area contributed by atoms with E-state index < -0.39 is 0 Å². The van der Waals surface area contributed by atoms with Crippen molar-refractivity contribution in [2.24, 2.45) is 0 Å². The fourth-order valence-corrected chi connectivity index (χ4v) is 2.89. The molecule has 3 rings (SSSR count). The number of hydrogen-bond acceptors (Lipinski definition) is 3. The third-order valence-corrected chi connectivity index (χ3v) is 4.34. The van der Waals surface area contributed by atoms with Crippen LogP contribution in [0.3, 0.4) is 0 Å². The van der Waals surface area contributed by atoms with E-state index in [0.29, 0.717) is 18.9 Å². The second-order valence-corrected chi connectivity index (χ2v) is 6.56. The molecule has 2 amide bonds. The summed E-state index contributed by atoms with van der Waals surface area (Å²) in [5.41, 5.74) is 3.06. The first-order valence-electron chi connectivity index (χ1n) is 8.52. The molecule has 0 aromatic heterocycles. The Hall–Kier alpha value is -2.69. The van der Waals surface area contributed by atoms with Crippen molar-refractivity contribution in [1.29, 1.82) is 0 Å². The van der Waals surface area contributed by atoms with Gasteiger partial charge in [-0.1, -0.05) is 26.0 Å². The van der Waals surface area contributed by atoms with Crippen LogP contribution in [0.2, 0.25) is 0 Å². The van der Waals surface area contributed by atoms with Gasteiger partial charge in [0.05, 0.1) is 13.2 Å². The average Bonchev–Trinajstić information content (AvgIpc) is 2.61. The van der Waals surface area contributed by atoms with Crippen LogP contribution in [-0.2, 0) is 6.42 Å². The molecule has 0 saturated heterocycles. The summed E-state index contributed by atoms with van der Waals surface area (Å²) in [5.74, 6) is 2.11. The van der Waals surface area contributed by atoms with Crippen LogP contribution >= 0.6 is 0 Å². The van der Waals surface area contributed by atoms with Gasteiger partial charge >= 0.3 is 6.03 Å². The van der Waals surface area contributed by atoms with Crippen LogP contribution in [-0.4, -0.2) is 25.8 Å². The molecule has 1 aliphatic rings. The largest absolute Gasteiger partial charge is 0.497 e. The minimum absolute atomic E-state index is 0.0745. The highest BCUT2D eigenvalue weighted by molar-refractivity contribution is 5.89. The van der Waals surface area contributed by atoms with E-state index in [4.69, 9.17) is 9.47 Å². The van der Waals surface area contributed by atoms with Crippen LogP contribution in [0.5, 0.6) is 11.5 Å². The number of amides is 2. The molecular weight excluding hydrogens is 316 g/mol. The number of fused-ring (bicyclic) bond motifs is 1. The number of benzene rings is 2. The van der Waals surface area contributed by atoms with Gasteiger partial charge in [-0.2, -0.15) is 0 Å². The summed E-state index contributed by atoms with van der Waals surface area (Å²) in [6.45, 7) is 4.75. The van der Waals surface area contributed by atoms with E-state index >= 15 is 0 Å². The first kappa shape index (κ1) is 17.1. The zero-order valence-electron chi connectivity index (χ0n) is 14.8. The maximum atomic E-state index is 12.2. The van der Waals surface area contributed by atoms with Crippen molar-refractivity contribution in [3.8, 4) is 11.5 Å². The Morgan fingerprint density at radius 1 is 1.20 bits per heavy atom. The number of anilines is 1. The van der Waals surface area contributed by atoms with Crippen LogP contribution in [0.15, 0.2) is 42.5 Å².